The maximum Gasteiger partial charge on any atom is 2.00 e. The number of aryl methyl sites for hydroxylation is 1. The molecule has 0 aliphatic rings. The van der Waals surface area contributed by atoms with Crippen molar-refractivity contribution in [3.63, 3.8) is 0 Å². The Balaban J connectivity index is 0.000000678. The average molecular weight is 528 g/mol. The largest absolute Gasteiger partial charge is 2.00 e. The standard InChI is InChI=1S/C26H36N3O.C5H5.Fe/c1-21(29-25-20-24(30-2)19-23-15-10-18-28-26(23)25)11-9-17-27-16-8-4-3-5-12-22-13-6-7-14-22;1-2-4-5-3-1;/h6-7,10,13-15,18-21,27,29H,3-5,8-9,11-12,16-17H2,1-2H3;1-5H;/q2*-1;+2. The zero-order valence-electron chi connectivity index (χ0n) is 21.7. The molecule has 1 aromatic heterocycles. The Labute approximate surface area is 228 Å². The first-order chi connectivity index (χ1) is 17.3. The van der Waals surface area contributed by atoms with Crippen molar-refractivity contribution in [2.75, 3.05) is 25.5 Å². The maximum atomic E-state index is 5.45. The minimum atomic E-state index is 0. The molecule has 194 valence electrons. The van der Waals surface area contributed by atoms with Crippen molar-refractivity contribution in [3.05, 3.63) is 90.6 Å². The fourth-order valence-corrected chi connectivity index (χ4v) is 4.22. The summed E-state index contributed by atoms with van der Waals surface area (Å²) >= 11 is 0. The molecule has 1 unspecified atom stereocenters. The second-order valence-electron chi connectivity index (χ2n) is 9.11. The Morgan fingerprint density at radius 2 is 1.72 bits per heavy atom. The third-order valence-corrected chi connectivity index (χ3v) is 6.16. The first-order valence-corrected chi connectivity index (χ1v) is 13.0. The van der Waals surface area contributed by atoms with Crippen LogP contribution in [0.15, 0.2) is 85.1 Å². The van der Waals surface area contributed by atoms with E-state index in [-0.39, 0.29) is 17.1 Å². The zero-order chi connectivity index (χ0) is 24.6. The molecule has 36 heavy (non-hydrogen) atoms. The van der Waals surface area contributed by atoms with Gasteiger partial charge in [0, 0.05) is 23.7 Å². The van der Waals surface area contributed by atoms with Gasteiger partial charge in [0.1, 0.15) is 5.75 Å². The monoisotopic (exact) mass is 527 g/mol. The molecule has 4 aromatic rings. The van der Waals surface area contributed by atoms with Crippen LogP contribution in [0.4, 0.5) is 5.69 Å². The molecular formula is C31H41FeN3O. The Kier molecular flexibility index (Phi) is 14.6. The SMILES string of the molecule is COc1cc(NC(C)CCCNCCCCCCc2cc[cH-]c2)c2ncccc2c1.[Fe+2].c1cc[cH-]c1. The number of rotatable bonds is 14. The molecule has 0 saturated heterocycles. The minimum Gasteiger partial charge on any atom is -0.497 e. The maximum absolute atomic E-state index is 5.45. The quantitative estimate of drug-likeness (QED) is 0.102. The predicted molar refractivity (Wildman–Crippen MR) is 150 cm³/mol. The van der Waals surface area contributed by atoms with Gasteiger partial charge in [0.2, 0.25) is 0 Å². The summed E-state index contributed by atoms with van der Waals surface area (Å²) in [7, 11) is 1.71. The van der Waals surface area contributed by atoms with E-state index >= 15 is 0 Å². The number of nitrogens with zero attached hydrogens (tertiary/aromatic N) is 1. The Bertz CT molecular complexity index is 1030. The molecule has 4 rings (SSSR count). The molecule has 0 aliphatic heterocycles. The molecule has 0 spiro atoms. The number of ether oxygens (including phenoxy) is 1. The number of unbranched alkanes of at least 4 members (excludes halogenated alkanes) is 3. The van der Waals surface area contributed by atoms with E-state index in [1.165, 1.54) is 44.1 Å². The van der Waals surface area contributed by atoms with Crippen LogP contribution in [-0.4, -0.2) is 31.2 Å². The second-order valence-corrected chi connectivity index (χ2v) is 9.11. The number of nitrogens with one attached hydrogen (secondary N) is 2. The van der Waals surface area contributed by atoms with Crippen LogP contribution in [0, 0.1) is 0 Å². The second kappa shape index (κ2) is 17.8. The molecule has 0 saturated carbocycles. The van der Waals surface area contributed by atoms with Gasteiger partial charge in [-0.05, 0) is 51.4 Å². The van der Waals surface area contributed by atoms with Crippen molar-refractivity contribution in [2.45, 2.75) is 57.9 Å². The van der Waals surface area contributed by atoms with Gasteiger partial charge < -0.3 is 15.4 Å². The molecule has 0 fully saturated rings. The first kappa shape index (κ1) is 29.6. The van der Waals surface area contributed by atoms with Crippen molar-refractivity contribution in [1.29, 1.82) is 0 Å². The molecule has 0 bridgehead atoms. The van der Waals surface area contributed by atoms with Gasteiger partial charge in [-0.25, -0.2) is 18.2 Å². The Morgan fingerprint density at radius 1 is 0.917 bits per heavy atom. The zero-order valence-corrected chi connectivity index (χ0v) is 22.8. The molecule has 4 nitrogen and oxygen atoms in total. The van der Waals surface area contributed by atoms with Crippen LogP contribution < -0.4 is 15.4 Å². The third-order valence-electron chi connectivity index (χ3n) is 6.16. The van der Waals surface area contributed by atoms with Gasteiger partial charge in [0.25, 0.3) is 0 Å². The summed E-state index contributed by atoms with van der Waals surface area (Å²) in [5, 5.41) is 8.32. The summed E-state index contributed by atoms with van der Waals surface area (Å²) < 4.78 is 5.45. The molecule has 3 aromatic carbocycles. The van der Waals surface area contributed by atoms with E-state index in [0.717, 1.165) is 41.9 Å². The topological polar surface area (TPSA) is 46.2 Å². The average Bonchev–Trinajstić information content (AvgIpc) is 3.62. The summed E-state index contributed by atoms with van der Waals surface area (Å²) in [4.78, 5) is 4.54. The van der Waals surface area contributed by atoms with Gasteiger partial charge >= 0.3 is 17.1 Å². The minimum absolute atomic E-state index is 0. The predicted octanol–water partition coefficient (Wildman–Crippen LogP) is 7.34. The van der Waals surface area contributed by atoms with Crippen LogP contribution in [0.2, 0.25) is 0 Å². The number of methoxy groups -OCH3 is 1. The number of benzene rings is 1. The summed E-state index contributed by atoms with van der Waals surface area (Å²) in [6, 6.07) is 27.2. The van der Waals surface area contributed by atoms with Crippen molar-refractivity contribution in [1.82, 2.24) is 10.3 Å². The fraction of sp³-hybridized carbons (Fsp3) is 0.387. The molecule has 0 amide bonds. The van der Waals surface area contributed by atoms with Gasteiger partial charge in [-0.1, -0.05) is 31.7 Å². The van der Waals surface area contributed by atoms with Crippen LogP contribution >= 0.6 is 0 Å². The van der Waals surface area contributed by atoms with E-state index in [4.69, 9.17) is 4.74 Å². The van der Waals surface area contributed by atoms with Gasteiger partial charge in [0.15, 0.2) is 0 Å². The molecule has 1 atom stereocenters. The number of anilines is 1. The van der Waals surface area contributed by atoms with Crippen LogP contribution in [0.1, 0.15) is 51.0 Å². The normalized spacial score (nSPS) is 11.3. The summed E-state index contributed by atoms with van der Waals surface area (Å²) in [6.07, 6.45) is 10.6. The van der Waals surface area contributed by atoms with Crippen molar-refractivity contribution in [3.8, 4) is 5.75 Å². The number of hydrogen-bond donors (Lipinski definition) is 2. The molecule has 0 aliphatic carbocycles. The number of fused-ring (bicyclic) bond motifs is 1. The number of pyridine rings is 1. The van der Waals surface area contributed by atoms with Crippen molar-refractivity contribution in [2.24, 2.45) is 0 Å². The molecule has 1 heterocycles. The smallest absolute Gasteiger partial charge is 0.497 e. The molecule has 5 heteroatoms. The fourth-order valence-electron chi connectivity index (χ4n) is 4.22. The van der Waals surface area contributed by atoms with E-state index in [1.807, 2.05) is 54.7 Å². The van der Waals surface area contributed by atoms with Crippen LogP contribution in [0.3, 0.4) is 0 Å². The van der Waals surface area contributed by atoms with Gasteiger partial charge in [-0.3, -0.25) is 4.98 Å². The summed E-state index contributed by atoms with van der Waals surface area (Å²) in [6.45, 7) is 4.44. The third kappa shape index (κ3) is 11.0. The number of aromatic nitrogens is 1. The van der Waals surface area contributed by atoms with E-state index in [9.17, 15) is 0 Å². The van der Waals surface area contributed by atoms with E-state index < -0.39 is 0 Å². The molecular weight excluding hydrogens is 486 g/mol. The first-order valence-electron chi connectivity index (χ1n) is 13.0. The van der Waals surface area contributed by atoms with Crippen LogP contribution in [-0.2, 0) is 23.5 Å². The summed E-state index contributed by atoms with van der Waals surface area (Å²) in [5.41, 5.74) is 3.53. The van der Waals surface area contributed by atoms with E-state index in [1.54, 1.807) is 7.11 Å². The van der Waals surface area contributed by atoms with Crippen molar-refractivity contribution >= 4 is 16.6 Å². The van der Waals surface area contributed by atoms with Crippen LogP contribution in [0.25, 0.3) is 10.9 Å². The molecule has 2 N–H and O–H groups in total. The number of hydrogen-bond acceptors (Lipinski definition) is 4. The van der Waals surface area contributed by atoms with Gasteiger partial charge in [-0.15, -0.1) is 0 Å². The van der Waals surface area contributed by atoms with E-state index in [2.05, 4.69) is 52.9 Å². The Hall–Kier alpha value is -2.59. The van der Waals surface area contributed by atoms with Gasteiger partial charge in [-0.2, -0.15) is 42.0 Å². The Morgan fingerprint density at radius 3 is 2.44 bits per heavy atom. The van der Waals surface area contributed by atoms with Crippen molar-refractivity contribution < 1.29 is 21.8 Å². The summed E-state index contributed by atoms with van der Waals surface area (Å²) in [5.74, 6) is 0.863. The van der Waals surface area contributed by atoms with Crippen LogP contribution in [0.5, 0.6) is 5.75 Å². The van der Waals surface area contributed by atoms with Gasteiger partial charge in [0.05, 0.1) is 18.3 Å². The molecule has 0 radical (unpaired) electrons. The van der Waals surface area contributed by atoms with E-state index in [0.29, 0.717) is 6.04 Å².